The zero-order valence-corrected chi connectivity index (χ0v) is 29.6. The minimum atomic E-state index is -0.846. The van der Waals surface area contributed by atoms with Crippen LogP contribution < -0.4 is 20.7 Å². The maximum atomic E-state index is 14.0. The number of unbranched alkanes of at least 4 members (excludes halogenated alkanes) is 1. The topological polar surface area (TPSA) is 160 Å². The Bertz CT molecular complexity index is 1790. The predicted octanol–water partition coefficient (Wildman–Crippen LogP) is 3.26. The summed E-state index contributed by atoms with van der Waals surface area (Å²) in [4.78, 5) is 60.9. The Kier molecular flexibility index (Phi) is 12.0. The Morgan fingerprint density at radius 3 is 2.49 bits per heavy atom. The van der Waals surface area contributed by atoms with Crippen molar-refractivity contribution in [1.29, 1.82) is 0 Å². The number of aromatic nitrogens is 4. The van der Waals surface area contributed by atoms with Crippen molar-refractivity contribution >= 4 is 35.0 Å². The Morgan fingerprint density at radius 2 is 1.73 bits per heavy atom. The molecule has 2 aromatic heterocycles. The zero-order valence-electron chi connectivity index (χ0n) is 28.8. The number of piperidine rings is 1. The number of nitrogens with zero attached hydrogens (tertiary/aromatic N) is 5. The van der Waals surface area contributed by atoms with Crippen molar-refractivity contribution < 1.29 is 23.9 Å². The first kappa shape index (κ1) is 35.7. The summed E-state index contributed by atoms with van der Waals surface area (Å²) in [6, 6.07) is 17.4. The van der Waals surface area contributed by atoms with E-state index in [1.54, 1.807) is 34.3 Å². The molecule has 3 aliphatic heterocycles. The van der Waals surface area contributed by atoms with E-state index in [-0.39, 0.29) is 55.4 Å². The average molecular weight is 713 g/mol. The number of ether oxygens (including phenoxy) is 1. The summed E-state index contributed by atoms with van der Waals surface area (Å²) in [6.45, 7) is 3.44. The van der Waals surface area contributed by atoms with Gasteiger partial charge in [-0.15, -0.1) is 16.4 Å². The predicted molar refractivity (Wildman–Crippen MR) is 191 cm³/mol. The number of rotatable bonds is 11. The van der Waals surface area contributed by atoms with E-state index in [0.29, 0.717) is 50.3 Å². The van der Waals surface area contributed by atoms with Gasteiger partial charge in [0.05, 0.1) is 34.7 Å². The fourth-order valence-corrected chi connectivity index (χ4v) is 7.57. The molecule has 51 heavy (non-hydrogen) atoms. The number of hydrogen-bond acceptors (Lipinski definition) is 9. The van der Waals surface area contributed by atoms with Gasteiger partial charge in [0.25, 0.3) is 5.91 Å². The van der Waals surface area contributed by atoms with Crippen LogP contribution in [0.25, 0.3) is 5.69 Å². The molecule has 3 N–H and O–H groups in total. The van der Waals surface area contributed by atoms with Crippen LogP contribution in [0.2, 0.25) is 0 Å². The van der Waals surface area contributed by atoms with Gasteiger partial charge in [-0.05, 0) is 63.3 Å². The Morgan fingerprint density at radius 1 is 0.980 bits per heavy atom. The van der Waals surface area contributed by atoms with Crippen molar-refractivity contribution in [2.24, 2.45) is 0 Å². The van der Waals surface area contributed by atoms with Crippen LogP contribution in [0.5, 0.6) is 5.75 Å². The number of thiazole rings is 1. The zero-order chi connectivity index (χ0) is 35.6. The van der Waals surface area contributed by atoms with Crippen LogP contribution in [-0.4, -0.2) is 86.8 Å². The Labute approximate surface area is 301 Å². The van der Waals surface area contributed by atoms with Crippen LogP contribution in [0.15, 0.2) is 66.9 Å². The minimum Gasteiger partial charge on any atom is -0.484 e. The summed E-state index contributed by atoms with van der Waals surface area (Å²) in [5.41, 5.74) is 2.17. The second-order valence-corrected chi connectivity index (χ2v) is 14.3. The van der Waals surface area contributed by atoms with Gasteiger partial charge < -0.3 is 25.6 Å². The first-order valence-electron chi connectivity index (χ1n) is 17.6. The molecule has 0 spiro atoms. The van der Waals surface area contributed by atoms with Crippen molar-refractivity contribution in [2.75, 3.05) is 26.2 Å². The molecule has 14 heteroatoms. The molecular weight excluding hydrogens is 669 g/mol. The second kappa shape index (κ2) is 17.2. The van der Waals surface area contributed by atoms with Gasteiger partial charge in [0.2, 0.25) is 17.7 Å². The smallest absolute Gasteiger partial charge is 0.257 e. The van der Waals surface area contributed by atoms with Crippen molar-refractivity contribution in [3.8, 4) is 11.4 Å². The number of hydrogen-bond donors (Lipinski definition) is 3. The number of amides is 4. The molecule has 268 valence electrons. The molecule has 0 radical (unpaired) electrons. The van der Waals surface area contributed by atoms with Crippen LogP contribution in [0.3, 0.4) is 0 Å². The Balaban J connectivity index is 1.12. The van der Waals surface area contributed by atoms with Gasteiger partial charge in [0.1, 0.15) is 11.8 Å². The summed E-state index contributed by atoms with van der Waals surface area (Å²) in [5, 5.41) is 18.5. The lowest BCUT2D eigenvalue weighted by molar-refractivity contribution is -0.137. The Hall–Kier alpha value is -5.11. The van der Waals surface area contributed by atoms with Crippen molar-refractivity contribution in [2.45, 2.75) is 76.3 Å². The molecule has 3 aliphatic rings. The molecule has 5 heterocycles. The normalized spacial score (nSPS) is 19.7. The van der Waals surface area contributed by atoms with Crippen molar-refractivity contribution in [3.05, 3.63) is 88.1 Å². The van der Waals surface area contributed by atoms with E-state index in [0.717, 1.165) is 34.1 Å². The molecule has 2 atom stereocenters. The molecule has 0 aliphatic carbocycles. The van der Waals surface area contributed by atoms with Crippen molar-refractivity contribution in [1.82, 2.24) is 40.8 Å². The monoisotopic (exact) mass is 712 g/mol. The standard InChI is InChI=1S/C37H44N8O5S/c1-25-31-22-34(47)39-27(10-8-9-17-38-35(48)24-50-30-13-6-3-7-14-30)21-33(46)40-32(20-28-23-45(43-42-28)29-11-4-2-5-12-29)37(49)44-18-15-26(16-19-44)36(41-31)51-25/h2-7,11-14,23,26-27,32H,8-10,15-22,24H2,1H3,(H,38,48)(H,39,47)(H,40,46)/t27-,32+/m0/s1. The summed E-state index contributed by atoms with van der Waals surface area (Å²) < 4.78 is 7.16. The lowest BCUT2D eigenvalue weighted by Crippen LogP contribution is -2.52. The molecular formula is C37H44N8O5S. The van der Waals surface area contributed by atoms with E-state index in [4.69, 9.17) is 9.72 Å². The van der Waals surface area contributed by atoms with E-state index in [1.807, 2.05) is 60.4 Å². The van der Waals surface area contributed by atoms with Gasteiger partial charge in [-0.2, -0.15) is 0 Å². The molecule has 1 saturated heterocycles. The lowest BCUT2D eigenvalue weighted by atomic mass is 9.96. The number of nitrogens with one attached hydrogen (secondary N) is 3. The van der Waals surface area contributed by atoms with Gasteiger partial charge in [0.15, 0.2) is 6.61 Å². The van der Waals surface area contributed by atoms with Crippen LogP contribution in [-0.2, 0) is 32.0 Å². The van der Waals surface area contributed by atoms with Gasteiger partial charge in [-0.3, -0.25) is 19.2 Å². The SMILES string of the molecule is Cc1sc2nc1CC(=O)N[C@@H](CCCCNC(=O)COc1ccccc1)CC(=O)N[C@H](Cc1cn(-c3ccccc3)nn1)C(=O)N1CCC2CC1. The molecule has 0 unspecified atom stereocenters. The summed E-state index contributed by atoms with van der Waals surface area (Å²) in [5.74, 6) is -0.0944. The van der Waals surface area contributed by atoms with Crippen LogP contribution in [0, 0.1) is 6.92 Å². The molecule has 13 nitrogen and oxygen atoms in total. The number of benzene rings is 2. The maximum Gasteiger partial charge on any atom is 0.257 e. The number of aryl methyl sites for hydroxylation is 1. The summed E-state index contributed by atoms with van der Waals surface area (Å²) >= 11 is 1.62. The van der Waals surface area contributed by atoms with Crippen molar-refractivity contribution in [3.63, 3.8) is 0 Å². The van der Waals surface area contributed by atoms with Gasteiger partial charge in [-0.1, -0.05) is 41.6 Å². The minimum absolute atomic E-state index is 0.00707. The summed E-state index contributed by atoms with van der Waals surface area (Å²) in [7, 11) is 0. The molecule has 2 aromatic carbocycles. The maximum absolute atomic E-state index is 14.0. The third-order valence-electron chi connectivity index (χ3n) is 9.21. The third kappa shape index (κ3) is 10.00. The highest BCUT2D eigenvalue weighted by Gasteiger charge is 2.33. The molecule has 0 saturated carbocycles. The number of carbonyl (C=O) groups excluding carboxylic acids is 4. The number of fused-ring (bicyclic) bond motifs is 10. The molecule has 4 amide bonds. The first-order valence-corrected chi connectivity index (χ1v) is 18.4. The van der Waals surface area contributed by atoms with Crippen LogP contribution in [0.4, 0.5) is 0 Å². The second-order valence-electron chi connectivity index (χ2n) is 13.1. The summed E-state index contributed by atoms with van der Waals surface area (Å²) in [6.07, 6.45) is 5.41. The molecule has 1 fully saturated rings. The molecule has 4 bridgehead atoms. The number of carbonyl (C=O) groups is 4. The van der Waals surface area contributed by atoms with E-state index >= 15 is 0 Å². The van der Waals surface area contributed by atoms with E-state index < -0.39 is 12.1 Å². The van der Waals surface area contributed by atoms with Crippen LogP contribution in [0.1, 0.15) is 65.7 Å². The van der Waals surface area contributed by atoms with E-state index in [9.17, 15) is 19.2 Å². The first-order chi connectivity index (χ1) is 24.8. The highest BCUT2D eigenvalue weighted by molar-refractivity contribution is 7.11. The highest BCUT2D eigenvalue weighted by atomic mass is 32.1. The van der Waals surface area contributed by atoms with Gasteiger partial charge >= 0.3 is 0 Å². The number of para-hydroxylation sites is 2. The highest BCUT2D eigenvalue weighted by Crippen LogP contribution is 2.33. The lowest BCUT2D eigenvalue weighted by Gasteiger charge is -2.34. The average Bonchev–Trinajstić information content (AvgIpc) is 3.76. The fourth-order valence-electron chi connectivity index (χ4n) is 6.46. The van der Waals surface area contributed by atoms with E-state index in [2.05, 4.69) is 26.3 Å². The largest absolute Gasteiger partial charge is 0.484 e. The van der Waals surface area contributed by atoms with E-state index in [1.165, 1.54) is 0 Å². The van der Waals surface area contributed by atoms with Gasteiger partial charge in [-0.25, -0.2) is 9.67 Å². The molecule has 4 aromatic rings. The van der Waals surface area contributed by atoms with Gasteiger partial charge in [0, 0.05) is 49.3 Å². The quantitative estimate of drug-likeness (QED) is 0.200. The third-order valence-corrected chi connectivity index (χ3v) is 10.4. The van der Waals surface area contributed by atoms with Crippen LogP contribution >= 0.6 is 11.3 Å². The molecule has 7 rings (SSSR count). The fraction of sp³-hybridized carbons (Fsp3) is 0.432.